The van der Waals surface area contributed by atoms with E-state index in [1.165, 1.54) is 6.92 Å². The molecule has 3 rings (SSSR count). The lowest BCUT2D eigenvalue weighted by molar-refractivity contribution is -0.126. The van der Waals surface area contributed by atoms with Crippen LogP contribution in [0, 0.1) is 0 Å². The van der Waals surface area contributed by atoms with Crippen LogP contribution in [0.4, 0.5) is 5.69 Å². The first-order chi connectivity index (χ1) is 11.5. The van der Waals surface area contributed by atoms with Gasteiger partial charge in [-0.1, -0.05) is 28.1 Å². The van der Waals surface area contributed by atoms with Crippen molar-refractivity contribution in [3.8, 4) is 5.75 Å². The zero-order valence-electron chi connectivity index (χ0n) is 13.4. The number of halogens is 1. The molecule has 0 fully saturated rings. The fraction of sp³-hybridized carbons (Fsp3) is 0.222. The zero-order valence-corrected chi connectivity index (χ0v) is 15.0. The first-order valence-electron chi connectivity index (χ1n) is 7.50. The van der Waals surface area contributed by atoms with Crippen molar-refractivity contribution >= 4 is 33.4 Å². The quantitative estimate of drug-likeness (QED) is 0.874. The molecule has 124 valence electrons. The Morgan fingerprint density at radius 1 is 1.25 bits per heavy atom. The normalized spacial score (nSPS) is 16.0. The summed E-state index contributed by atoms with van der Waals surface area (Å²) in [6.07, 6.45) is 0. The van der Waals surface area contributed by atoms with Crippen molar-refractivity contribution in [2.45, 2.75) is 19.5 Å². The van der Waals surface area contributed by atoms with Gasteiger partial charge in [0.2, 0.25) is 5.91 Å². The van der Waals surface area contributed by atoms with Crippen molar-refractivity contribution < 1.29 is 14.3 Å². The predicted molar refractivity (Wildman–Crippen MR) is 94.9 cm³/mol. The van der Waals surface area contributed by atoms with Crippen LogP contribution in [0.2, 0.25) is 0 Å². The summed E-state index contributed by atoms with van der Waals surface area (Å²) in [6, 6.07) is 12.6. The van der Waals surface area contributed by atoms with Gasteiger partial charge < -0.3 is 15.0 Å². The number of rotatable bonds is 4. The van der Waals surface area contributed by atoms with E-state index in [1.54, 1.807) is 12.0 Å². The van der Waals surface area contributed by atoms with Gasteiger partial charge in [-0.25, -0.2) is 0 Å². The lowest BCUT2D eigenvalue weighted by Crippen LogP contribution is -2.36. The minimum Gasteiger partial charge on any atom is -0.497 e. The number of carbonyl (C=O) groups excluding carboxylic acids is 2. The lowest BCUT2D eigenvalue weighted by Gasteiger charge is -2.18. The minimum atomic E-state index is -0.645. The van der Waals surface area contributed by atoms with Gasteiger partial charge in [-0.3, -0.25) is 9.59 Å². The Balaban J connectivity index is 1.93. The minimum absolute atomic E-state index is 0.130. The highest BCUT2D eigenvalue weighted by Crippen LogP contribution is 2.38. The molecule has 0 saturated carbocycles. The molecule has 5 nitrogen and oxygen atoms in total. The van der Waals surface area contributed by atoms with Crippen LogP contribution in [-0.2, 0) is 16.1 Å². The topological polar surface area (TPSA) is 58.6 Å². The zero-order chi connectivity index (χ0) is 17.3. The molecule has 1 atom stereocenters. The number of fused-ring (bicyclic) bond motifs is 1. The number of amides is 2. The van der Waals surface area contributed by atoms with Gasteiger partial charge in [0.25, 0.3) is 5.91 Å². The second-order valence-corrected chi connectivity index (χ2v) is 6.52. The maximum atomic E-state index is 12.8. The average molecular weight is 389 g/mol. The monoisotopic (exact) mass is 388 g/mol. The second-order valence-electron chi connectivity index (χ2n) is 5.61. The average Bonchev–Trinajstić information content (AvgIpc) is 2.80. The van der Waals surface area contributed by atoms with Crippen molar-refractivity contribution in [1.29, 1.82) is 0 Å². The molecule has 24 heavy (non-hydrogen) atoms. The molecule has 0 radical (unpaired) electrons. The smallest absolute Gasteiger partial charge is 0.254 e. The third-order valence-electron chi connectivity index (χ3n) is 3.95. The summed E-state index contributed by atoms with van der Waals surface area (Å²) in [5, 5.41) is 2.74. The van der Waals surface area contributed by atoms with Gasteiger partial charge in [-0.05, 0) is 35.9 Å². The van der Waals surface area contributed by atoms with E-state index in [2.05, 4.69) is 21.2 Å². The molecular formula is C18H17BrN2O3. The molecule has 0 aliphatic carbocycles. The number of nitrogens with zero attached hydrogens (tertiary/aromatic N) is 1. The van der Waals surface area contributed by atoms with E-state index in [1.807, 2.05) is 42.5 Å². The maximum Gasteiger partial charge on any atom is 0.254 e. The number of anilines is 1. The van der Waals surface area contributed by atoms with Gasteiger partial charge in [0, 0.05) is 22.6 Å². The van der Waals surface area contributed by atoms with E-state index < -0.39 is 6.04 Å². The van der Waals surface area contributed by atoms with Crippen molar-refractivity contribution in [2.75, 3.05) is 12.0 Å². The molecule has 0 unspecified atom stereocenters. The Hall–Kier alpha value is -2.34. The first-order valence-corrected chi connectivity index (χ1v) is 8.30. The van der Waals surface area contributed by atoms with Gasteiger partial charge in [0.15, 0.2) is 0 Å². The van der Waals surface area contributed by atoms with Crippen LogP contribution in [-0.4, -0.2) is 18.9 Å². The molecule has 2 aromatic rings. The molecule has 1 heterocycles. The molecular weight excluding hydrogens is 372 g/mol. The van der Waals surface area contributed by atoms with Crippen LogP contribution in [0.25, 0.3) is 0 Å². The molecule has 0 saturated heterocycles. The summed E-state index contributed by atoms with van der Waals surface area (Å²) in [6.45, 7) is 1.85. The van der Waals surface area contributed by atoms with Crippen LogP contribution in [0.1, 0.15) is 24.1 Å². The van der Waals surface area contributed by atoms with Crippen LogP contribution < -0.4 is 15.0 Å². The largest absolute Gasteiger partial charge is 0.497 e. The van der Waals surface area contributed by atoms with E-state index in [4.69, 9.17) is 4.74 Å². The number of hydrogen-bond acceptors (Lipinski definition) is 3. The maximum absolute atomic E-state index is 12.8. The second kappa shape index (κ2) is 6.65. The molecule has 2 amide bonds. The summed E-state index contributed by atoms with van der Waals surface area (Å²) in [5.41, 5.74) is 2.61. The fourth-order valence-corrected chi connectivity index (χ4v) is 3.21. The standard InChI is InChI=1S/C18H17BrN2O3/c1-11(22)20-17-15-9-13(19)5-8-16(15)21(18(17)23)10-12-3-6-14(24-2)7-4-12/h3-9,17H,10H2,1-2H3,(H,20,22)/t17-/m1/s1. The van der Waals surface area contributed by atoms with Crippen molar-refractivity contribution in [3.63, 3.8) is 0 Å². The molecule has 1 aliphatic rings. The van der Waals surface area contributed by atoms with E-state index in [0.717, 1.165) is 27.0 Å². The third kappa shape index (κ3) is 3.14. The summed E-state index contributed by atoms with van der Waals surface area (Å²) in [7, 11) is 1.62. The van der Waals surface area contributed by atoms with Crippen molar-refractivity contribution in [2.24, 2.45) is 0 Å². The molecule has 0 aromatic heterocycles. The number of benzene rings is 2. The Labute approximate surface area is 148 Å². The van der Waals surface area contributed by atoms with Gasteiger partial charge >= 0.3 is 0 Å². The van der Waals surface area contributed by atoms with Gasteiger partial charge in [-0.2, -0.15) is 0 Å². The highest BCUT2D eigenvalue weighted by molar-refractivity contribution is 9.10. The number of hydrogen-bond donors (Lipinski definition) is 1. The number of nitrogens with one attached hydrogen (secondary N) is 1. The molecule has 1 N–H and O–H groups in total. The van der Waals surface area contributed by atoms with Crippen molar-refractivity contribution in [3.05, 3.63) is 58.1 Å². The summed E-state index contributed by atoms with van der Waals surface area (Å²) < 4.78 is 6.03. The molecule has 0 spiro atoms. The van der Waals surface area contributed by atoms with Gasteiger partial charge in [-0.15, -0.1) is 0 Å². The van der Waals surface area contributed by atoms with Crippen LogP contribution >= 0.6 is 15.9 Å². The van der Waals surface area contributed by atoms with E-state index >= 15 is 0 Å². The lowest BCUT2D eigenvalue weighted by atomic mass is 10.1. The predicted octanol–water partition coefficient (Wildman–Crippen LogP) is 3.18. The Morgan fingerprint density at radius 2 is 1.96 bits per heavy atom. The molecule has 1 aliphatic heterocycles. The van der Waals surface area contributed by atoms with Crippen LogP contribution in [0.15, 0.2) is 46.9 Å². The SMILES string of the molecule is COc1ccc(CN2C(=O)[C@H](NC(C)=O)c3cc(Br)ccc32)cc1. The molecule has 2 aromatic carbocycles. The van der Waals surface area contributed by atoms with Gasteiger partial charge in [0.05, 0.1) is 13.7 Å². The van der Waals surface area contributed by atoms with Gasteiger partial charge in [0.1, 0.15) is 11.8 Å². The van der Waals surface area contributed by atoms with E-state index in [0.29, 0.717) is 6.54 Å². The Morgan fingerprint density at radius 3 is 2.58 bits per heavy atom. The number of carbonyl (C=O) groups is 2. The first kappa shape index (κ1) is 16.5. The third-order valence-corrected chi connectivity index (χ3v) is 4.44. The van der Waals surface area contributed by atoms with Crippen LogP contribution in [0.5, 0.6) is 5.75 Å². The Kier molecular flexibility index (Phi) is 4.57. The molecule has 0 bridgehead atoms. The summed E-state index contributed by atoms with van der Waals surface area (Å²) in [5.74, 6) is 0.409. The van der Waals surface area contributed by atoms with Crippen LogP contribution in [0.3, 0.4) is 0 Å². The van der Waals surface area contributed by atoms with E-state index in [-0.39, 0.29) is 11.8 Å². The summed E-state index contributed by atoms with van der Waals surface area (Å²) in [4.78, 5) is 26.0. The number of methoxy groups -OCH3 is 1. The summed E-state index contributed by atoms with van der Waals surface area (Å²) >= 11 is 3.42. The van der Waals surface area contributed by atoms with E-state index in [9.17, 15) is 9.59 Å². The van der Waals surface area contributed by atoms with Crippen molar-refractivity contribution in [1.82, 2.24) is 5.32 Å². The Bertz CT molecular complexity index is 789. The highest BCUT2D eigenvalue weighted by atomic mass is 79.9. The molecule has 6 heteroatoms. The fourth-order valence-electron chi connectivity index (χ4n) is 2.83. The number of ether oxygens (including phenoxy) is 1. The highest BCUT2D eigenvalue weighted by Gasteiger charge is 2.37.